The van der Waals surface area contributed by atoms with Crippen LogP contribution in [0.25, 0.3) is 0 Å². The molecule has 0 saturated carbocycles. The van der Waals surface area contributed by atoms with E-state index < -0.39 is 0 Å². The smallest absolute Gasteiger partial charge is 0.0238 e. The van der Waals surface area contributed by atoms with Gasteiger partial charge in [0.05, 0.1) is 0 Å². The standard InChI is InChI=1S/C11H22N2/c1-10(2,3)11(4)7-12-6-9-8(11)5-13-9/h8-9,12-13H,5-7H2,1-4H3. The summed E-state index contributed by atoms with van der Waals surface area (Å²) in [4.78, 5) is 0. The fraction of sp³-hybridized carbons (Fsp3) is 1.00. The minimum atomic E-state index is 0.408. The number of piperidine rings is 1. The molecule has 2 heteroatoms. The van der Waals surface area contributed by atoms with Crippen molar-refractivity contribution in [3.8, 4) is 0 Å². The summed E-state index contributed by atoms with van der Waals surface area (Å²) in [6, 6.07) is 0.734. The Labute approximate surface area is 81.5 Å². The van der Waals surface area contributed by atoms with E-state index in [0.717, 1.165) is 18.5 Å². The van der Waals surface area contributed by atoms with E-state index >= 15 is 0 Å². The zero-order valence-electron chi connectivity index (χ0n) is 9.28. The van der Waals surface area contributed by atoms with E-state index in [1.54, 1.807) is 0 Å². The minimum absolute atomic E-state index is 0.408. The number of nitrogens with one attached hydrogen (secondary N) is 2. The van der Waals surface area contributed by atoms with Gasteiger partial charge in [-0.05, 0) is 16.7 Å². The van der Waals surface area contributed by atoms with E-state index in [0.29, 0.717) is 10.8 Å². The maximum absolute atomic E-state index is 3.55. The molecule has 76 valence electrons. The maximum Gasteiger partial charge on any atom is 0.0238 e. The molecule has 3 unspecified atom stereocenters. The maximum atomic E-state index is 3.55. The molecule has 0 aromatic heterocycles. The third-order valence-electron chi connectivity index (χ3n) is 4.47. The molecule has 2 heterocycles. The van der Waals surface area contributed by atoms with Gasteiger partial charge in [0.1, 0.15) is 0 Å². The normalized spacial score (nSPS) is 45.2. The number of hydrogen-bond donors (Lipinski definition) is 2. The van der Waals surface area contributed by atoms with Crippen LogP contribution in [-0.2, 0) is 0 Å². The molecule has 0 spiro atoms. The van der Waals surface area contributed by atoms with Crippen molar-refractivity contribution in [1.29, 1.82) is 0 Å². The van der Waals surface area contributed by atoms with Crippen LogP contribution in [0, 0.1) is 16.7 Å². The summed E-state index contributed by atoms with van der Waals surface area (Å²) in [5, 5.41) is 7.06. The van der Waals surface area contributed by atoms with Gasteiger partial charge < -0.3 is 10.6 Å². The van der Waals surface area contributed by atoms with Crippen LogP contribution in [0.5, 0.6) is 0 Å². The van der Waals surface area contributed by atoms with Crippen LogP contribution in [0.2, 0.25) is 0 Å². The van der Waals surface area contributed by atoms with Crippen molar-refractivity contribution in [2.24, 2.45) is 16.7 Å². The molecule has 0 aromatic rings. The Hall–Kier alpha value is -0.0800. The second-order valence-corrected chi connectivity index (χ2v) is 5.92. The Morgan fingerprint density at radius 2 is 1.92 bits per heavy atom. The Bertz CT molecular complexity index is 207. The van der Waals surface area contributed by atoms with E-state index in [4.69, 9.17) is 0 Å². The molecule has 2 aliphatic heterocycles. The summed E-state index contributed by atoms with van der Waals surface area (Å²) < 4.78 is 0. The lowest BCUT2D eigenvalue weighted by Gasteiger charge is -2.58. The quantitative estimate of drug-likeness (QED) is 0.589. The molecule has 0 aliphatic carbocycles. The average molecular weight is 182 g/mol. The van der Waals surface area contributed by atoms with Crippen LogP contribution in [0.4, 0.5) is 0 Å². The lowest BCUT2D eigenvalue weighted by molar-refractivity contribution is -0.0471. The van der Waals surface area contributed by atoms with E-state index in [1.807, 2.05) is 0 Å². The summed E-state index contributed by atoms with van der Waals surface area (Å²) >= 11 is 0. The minimum Gasteiger partial charge on any atom is -0.315 e. The molecule has 0 bridgehead atoms. The van der Waals surface area contributed by atoms with Gasteiger partial charge in [0.25, 0.3) is 0 Å². The van der Waals surface area contributed by atoms with Gasteiger partial charge in [0.2, 0.25) is 0 Å². The largest absolute Gasteiger partial charge is 0.315 e. The second-order valence-electron chi connectivity index (χ2n) is 5.92. The summed E-state index contributed by atoms with van der Waals surface area (Å²) in [5.74, 6) is 0.883. The Morgan fingerprint density at radius 3 is 2.31 bits per heavy atom. The van der Waals surface area contributed by atoms with Gasteiger partial charge >= 0.3 is 0 Å². The van der Waals surface area contributed by atoms with E-state index in [-0.39, 0.29) is 0 Å². The van der Waals surface area contributed by atoms with Crippen molar-refractivity contribution in [3.63, 3.8) is 0 Å². The molecule has 0 amide bonds. The summed E-state index contributed by atoms with van der Waals surface area (Å²) in [6.45, 7) is 13.1. The third-order valence-corrected chi connectivity index (χ3v) is 4.47. The lowest BCUT2D eigenvalue weighted by Crippen LogP contribution is -2.71. The zero-order valence-corrected chi connectivity index (χ0v) is 9.28. The van der Waals surface area contributed by atoms with Gasteiger partial charge in [-0.15, -0.1) is 0 Å². The Morgan fingerprint density at radius 1 is 1.23 bits per heavy atom. The van der Waals surface area contributed by atoms with Crippen molar-refractivity contribution in [3.05, 3.63) is 0 Å². The molecule has 2 nitrogen and oxygen atoms in total. The van der Waals surface area contributed by atoms with Gasteiger partial charge in [-0.25, -0.2) is 0 Å². The Kier molecular flexibility index (Phi) is 1.97. The van der Waals surface area contributed by atoms with Crippen molar-refractivity contribution in [1.82, 2.24) is 10.6 Å². The highest BCUT2D eigenvalue weighted by Gasteiger charge is 2.52. The fourth-order valence-electron chi connectivity index (χ4n) is 2.73. The number of rotatable bonds is 0. The topological polar surface area (TPSA) is 24.1 Å². The van der Waals surface area contributed by atoms with Crippen LogP contribution in [0.15, 0.2) is 0 Å². The highest BCUT2D eigenvalue weighted by atomic mass is 15.1. The highest BCUT2D eigenvalue weighted by molar-refractivity contribution is 5.07. The van der Waals surface area contributed by atoms with Gasteiger partial charge in [-0.1, -0.05) is 27.7 Å². The van der Waals surface area contributed by atoms with E-state index in [2.05, 4.69) is 38.3 Å². The van der Waals surface area contributed by atoms with Crippen LogP contribution >= 0.6 is 0 Å². The van der Waals surface area contributed by atoms with Crippen LogP contribution in [0.3, 0.4) is 0 Å². The van der Waals surface area contributed by atoms with E-state index in [9.17, 15) is 0 Å². The summed E-state index contributed by atoms with van der Waals surface area (Å²) in [5.41, 5.74) is 0.868. The fourth-order valence-corrected chi connectivity index (χ4v) is 2.73. The Balaban J connectivity index is 2.20. The molecule has 13 heavy (non-hydrogen) atoms. The average Bonchev–Trinajstić information content (AvgIpc) is 1.91. The van der Waals surface area contributed by atoms with Gasteiger partial charge in [0, 0.05) is 25.7 Å². The molecule has 2 saturated heterocycles. The SMILES string of the molecule is CC(C)(C)C1(C)CNCC2NCC21. The molecule has 0 radical (unpaired) electrons. The molecule has 3 atom stereocenters. The summed E-state index contributed by atoms with van der Waals surface area (Å²) in [6.07, 6.45) is 0. The molecule has 2 aliphatic rings. The first-order valence-electron chi connectivity index (χ1n) is 5.39. The van der Waals surface area contributed by atoms with Crippen molar-refractivity contribution in [2.75, 3.05) is 19.6 Å². The van der Waals surface area contributed by atoms with Crippen molar-refractivity contribution >= 4 is 0 Å². The van der Waals surface area contributed by atoms with Crippen LogP contribution in [0.1, 0.15) is 27.7 Å². The molecular weight excluding hydrogens is 160 g/mol. The predicted octanol–water partition coefficient (Wildman–Crippen LogP) is 1.23. The first-order chi connectivity index (χ1) is 5.95. The number of fused-ring (bicyclic) bond motifs is 1. The molecule has 0 aromatic carbocycles. The first-order valence-corrected chi connectivity index (χ1v) is 5.39. The monoisotopic (exact) mass is 182 g/mol. The molecular formula is C11H22N2. The highest BCUT2D eigenvalue weighted by Crippen LogP contribution is 2.48. The van der Waals surface area contributed by atoms with Gasteiger partial charge in [-0.3, -0.25) is 0 Å². The van der Waals surface area contributed by atoms with Crippen LogP contribution in [-0.4, -0.2) is 25.7 Å². The molecule has 2 rings (SSSR count). The lowest BCUT2D eigenvalue weighted by atomic mass is 9.55. The second kappa shape index (κ2) is 2.71. The molecule has 2 N–H and O–H groups in total. The van der Waals surface area contributed by atoms with Gasteiger partial charge in [0.15, 0.2) is 0 Å². The number of hydrogen-bond acceptors (Lipinski definition) is 2. The zero-order chi connectivity index (χ0) is 9.69. The molecule has 2 fully saturated rings. The predicted molar refractivity (Wildman–Crippen MR) is 55.7 cm³/mol. The summed E-state index contributed by atoms with van der Waals surface area (Å²) in [7, 11) is 0. The van der Waals surface area contributed by atoms with Crippen molar-refractivity contribution < 1.29 is 0 Å². The van der Waals surface area contributed by atoms with E-state index in [1.165, 1.54) is 13.1 Å². The van der Waals surface area contributed by atoms with Gasteiger partial charge in [-0.2, -0.15) is 0 Å². The van der Waals surface area contributed by atoms with Crippen LogP contribution < -0.4 is 10.6 Å². The third kappa shape index (κ3) is 1.23. The first kappa shape index (κ1) is 9.47. The van der Waals surface area contributed by atoms with Crippen molar-refractivity contribution in [2.45, 2.75) is 33.7 Å².